The van der Waals surface area contributed by atoms with E-state index in [1.165, 1.54) is 33.2 Å². The van der Waals surface area contributed by atoms with E-state index in [1.807, 2.05) is 0 Å². The Morgan fingerprint density at radius 1 is 0.643 bits per heavy atom. The van der Waals surface area contributed by atoms with Gasteiger partial charge in [0.2, 0.25) is 0 Å². The first kappa shape index (κ1) is 21.7. The Bertz CT molecular complexity index is 779. The molecule has 0 atom stereocenters. The zero-order valence-electron chi connectivity index (χ0n) is 16.1. The quantitative estimate of drug-likeness (QED) is 0.0864. The fraction of sp³-hybridized carbons (Fsp3) is 0.200. The van der Waals surface area contributed by atoms with Crippen molar-refractivity contribution >= 4 is 59.3 Å². The van der Waals surface area contributed by atoms with Gasteiger partial charge in [-0.15, -0.1) is 0 Å². The minimum atomic E-state index is -2.78. The molecule has 0 heterocycles. The number of hydrogen-bond acceptors (Lipinski definition) is 0. The Morgan fingerprint density at radius 3 is 1.46 bits per heavy atom. The van der Waals surface area contributed by atoms with Gasteiger partial charge >= 0.3 is 192 Å². The molecule has 0 fully saturated rings. The van der Waals surface area contributed by atoms with Crippen LogP contribution < -0.4 is 15.9 Å². The van der Waals surface area contributed by atoms with E-state index in [-0.39, 0.29) is 0 Å². The van der Waals surface area contributed by atoms with Crippen molar-refractivity contribution in [2.24, 2.45) is 0 Å². The van der Waals surface area contributed by atoms with Crippen LogP contribution in [0.15, 0.2) is 103 Å². The van der Waals surface area contributed by atoms with Crippen LogP contribution in [0.25, 0.3) is 0 Å². The van der Waals surface area contributed by atoms with E-state index >= 15 is 0 Å². The molecule has 0 bridgehead atoms. The van der Waals surface area contributed by atoms with E-state index in [2.05, 4.69) is 141 Å². The van der Waals surface area contributed by atoms with E-state index < -0.39 is 5.31 Å². The summed E-state index contributed by atoms with van der Waals surface area (Å²) in [4.78, 5) is 0. The van der Waals surface area contributed by atoms with E-state index in [1.54, 1.807) is 0 Å². The van der Waals surface area contributed by atoms with Crippen molar-refractivity contribution in [3.05, 3.63) is 103 Å². The number of unbranched alkanes of at least 4 members (excludes halogenated alkanes) is 2. The second-order valence-corrected chi connectivity index (χ2v) is 17.1. The predicted octanol–water partition coefficient (Wildman–Crippen LogP) is 6.99. The van der Waals surface area contributed by atoms with Gasteiger partial charge in [-0.05, 0) is 0 Å². The molecule has 0 spiro atoms. The summed E-state index contributed by atoms with van der Waals surface area (Å²) in [7, 11) is 0. The topological polar surface area (TPSA) is 0 Å². The second-order valence-electron chi connectivity index (χ2n) is 7.03. The number of rotatable bonds is 9. The van der Waals surface area contributed by atoms with Gasteiger partial charge in [0.1, 0.15) is 0 Å². The van der Waals surface area contributed by atoms with Crippen LogP contribution in [-0.2, 0) is 0 Å². The Hall–Kier alpha value is -0.960. The molecule has 0 aliphatic rings. The van der Waals surface area contributed by atoms with Crippen LogP contribution in [0.1, 0.15) is 19.3 Å². The van der Waals surface area contributed by atoms with Gasteiger partial charge in [0.25, 0.3) is 0 Å². The number of halogens is 2. The Morgan fingerprint density at radius 2 is 1.07 bits per heavy atom. The van der Waals surface area contributed by atoms with Gasteiger partial charge in [-0.3, -0.25) is 0 Å². The molecule has 0 radical (unpaired) electrons. The fourth-order valence-electron chi connectivity index (χ4n) is 3.73. The number of hydrogen-bond donors (Lipinski definition) is 0. The third kappa shape index (κ3) is 4.45. The van der Waals surface area contributed by atoms with Gasteiger partial charge < -0.3 is 0 Å². The van der Waals surface area contributed by atoms with Gasteiger partial charge in [-0.1, -0.05) is 0 Å². The van der Waals surface area contributed by atoms with Crippen LogP contribution in [-0.4, -0.2) is 10.6 Å². The summed E-state index contributed by atoms with van der Waals surface area (Å²) in [6.07, 6.45) is 9.48. The third-order valence-corrected chi connectivity index (χ3v) is 15.6. The molecule has 0 aromatic heterocycles. The molecule has 0 saturated carbocycles. The number of allylic oxidation sites excluding steroid dienone is 2. The molecule has 3 aromatic carbocycles. The van der Waals surface area contributed by atoms with Gasteiger partial charge in [-0.25, -0.2) is 0 Å². The minimum absolute atomic E-state index is 0.980. The first-order valence-corrected chi connectivity index (χ1v) is 15.8. The fourth-order valence-corrected chi connectivity index (χ4v) is 11.3. The molecule has 0 unspecified atom stereocenters. The van der Waals surface area contributed by atoms with Gasteiger partial charge in [0.05, 0.1) is 0 Å². The van der Waals surface area contributed by atoms with Crippen molar-refractivity contribution in [3.63, 3.8) is 0 Å². The molecule has 146 valence electrons. The molecule has 0 aliphatic carbocycles. The number of benzene rings is 3. The molecule has 0 amide bonds. The van der Waals surface area contributed by atoms with Crippen LogP contribution in [0.4, 0.5) is 0 Å². The molecule has 3 rings (SSSR count). The van der Waals surface area contributed by atoms with Gasteiger partial charge in [-0.2, -0.15) is 0 Å². The summed E-state index contributed by atoms with van der Waals surface area (Å²) < 4.78 is 1.24. The summed E-state index contributed by atoms with van der Waals surface area (Å²) >= 11 is 6.94. The summed E-state index contributed by atoms with van der Waals surface area (Å²) in [5, 5.41) is 1.35. The first-order chi connectivity index (χ1) is 13.7. The summed E-state index contributed by atoms with van der Waals surface area (Å²) in [6.45, 7) is 0. The third-order valence-electron chi connectivity index (χ3n) is 5.25. The molecule has 3 aromatic rings. The van der Waals surface area contributed by atoms with E-state index in [0.29, 0.717) is 0 Å². The summed E-state index contributed by atoms with van der Waals surface area (Å²) in [5.74, 6) is 0. The summed E-state index contributed by atoms with van der Waals surface area (Å²) in [5.41, 5.74) is 0. The average molecular weight is 565 g/mol. The van der Waals surface area contributed by atoms with Crippen LogP contribution in [0, 0.1) is 0 Å². The predicted molar refractivity (Wildman–Crippen MR) is 141 cm³/mol. The molecular formula is C25H27BrIP. The average Bonchev–Trinajstić information content (AvgIpc) is 2.78. The van der Waals surface area contributed by atoms with Gasteiger partial charge in [0.15, 0.2) is 0 Å². The van der Waals surface area contributed by atoms with E-state index in [4.69, 9.17) is 0 Å². The Kier molecular flexibility index (Phi) is 7.91. The first-order valence-electron chi connectivity index (χ1n) is 9.81. The van der Waals surface area contributed by atoms with E-state index in [0.717, 1.165) is 12.6 Å². The van der Waals surface area contributed by atoms with Crippen molar-refractivity contribution in [3.8, 4) is 0 Å². The summed E-state index contributed by atoms with van der Waals surface area (Å²) in [6, 6.07) is 33.0. The van der Waals surface area contributed by atoms with Crippen molar-refractivity contribution in [2.45, 2.75) is 19.3 Å². The zero-order chi connectivity index (χ0) is 19.7. The standard InChI is InChI=1S/C25H27BrIP/c26-28(23-15-7-4-8-16-23,24-17-9-5-10-18-24,25-19-11-6-12-20-25)22-14-3-1-2-13-21-27/h3-12,14-20H,1-2,13,21-22H2. The SMILES string of the molecule is BrP(CC=CCCCCI)(c1ccccc1)(c1ccccc1)c1ccccc1. The maximum absolute atomic E-state index is 4.48. The normalized spacial score (nSPS) is 13.3. The monoisotopic (exact) mass is 564 g/mol. The van der Waals surface area contributed by atoms with Crippen LogP contribution in [0.3, 0.4) is 0 Å². The number of alkyl halides is 1. The maximum atomic E-state index is 4.48. The van der Waals surface area contributed by atoms with Crippen LogP contribution in [0.5, 0.6) is 0 Å². The molecule has 0 saturated heterocycles. The van der Waals surface area contributed by atoms with E-state index in [9.17, 15) is 0 Å². The Balaban J connectivity index is 2.16. The van der Waals surface area contributed by atoms with Crippen LogP contribution in [0.2, 0.25) is 0 Å². The Labute approximate surface area is 191 Å². The van der Waals surface area contributed by atoms with Crippen molar-refractivity contribution < 1.29 is 0 Å². The van der Waals surface area contributed by atoms with Crippen molar-refractivity contribution in [2.75, 3.05) is 10.6 Å². The van der Waals surface area contributed by atoms with Crippen molar-refractivity contribution in [1.29, 1.82) is 0 Å². The van der Waals surface area contributed by atoms with Gasteiger partial charge in [0, 0.05) is 0 Å². The molecule has 0 N–H and O–H groups in total. The zero-order valence-corrected chi connectivity index (χ0v) is 20.7. The molecule has 3 heteroatoms. The second kappa shape index (κ2) is 10.2. The molecule has 28 heavy (non-hydrogen) atoms. The molecule has 0 aliphatic heterocycles. The van der Waals surface area contributed by atoms with Crippen LogP contribution >= 0.6 is 43.4 Å². The van der Waals surface area contributed by atoms with Crippen molar-refractivity contribution in [1.82, 2.24) is 0 Å². The molecular weight excluding hydrogens is 538 g/mol. The molecule has 0 nitrogen and oxygen atoms in total.